The highest BCUT2D eigenvalue weighted by atomic mass is 127. The molecule has 1 aromatic rings. The maximum Gasteiger partial charge on any atom is 0.251 e. The summed E-state index contributed by atoms with van der Waals surface area (Å²) >= 11 is 0. The number of guanidine groups is 1. The first-order chi connectivity index (χ1) is 14.5. The van der Waals surface area contributed by atoms with Crippen LogP contribution in [-0.2, 0) is 22.6 Å². The Morgan fingerprint density at radius 3 is 2.58 bits per heavy atom. The average molecular weight is 547 g/mol. The van der Waals surface area contributed by atoms with E-state index in [9.17, 15) is 9.18 Å². The van der Waals surface area contributed by atoms with Gasteiger partial charge < -0.3 is 24.8 Å². The number of amides is 1. The SMILES string of the molecule is CCNC(=NCc1ccc(F)c(CN(C)C)c1)N1CCN(C(=O)C2CCCO2)CC1.I. The van der Waals surface area contributed by atoms with E-state index in [2.05, 4.69) is 10.2 Å². The summed E-state index contributed by atoms with van der Waals surface area (Å²) in [7, 11) is 3.85. The molecule has 1 amide bonds. The predicted molar refractivity (Wildman–Crippen MR) is 131 cm³/mol. The van der Waals surface area contributed by atoms with Gasteiger partial charge in [-0.1, -0.05) is 6.07 Å². The molecule has 2 aliphatic rings. The number of benzene rings is 1. The Hall–Kier alpha value is -1.46. The van der Waals surface area contributed by atoms with E-state index < -0.39 is 0 Å². The predicted octanol–water partition coefficient (Wildman–Crippen LogP) is 2.29. The summed E-state index contributed by atoms with van der Waals surface area (Å²) in [5.74, 6) is 0.768. The van der Waals surface area contributed by atoms with Crippen LogP contribution >= 0.6 is 24.0 Å². The van der Waals surface area contributed by atoms with Crippen molar-refractivity contribution in [1.29, 1.82) is 0 Å². The monoisotopic (exact) mass is 547 g/mol. The maximum atomic E-state index is 14.0. The minimum absolute atomic E-state index is 0. The summed E-state index contributed by atoms with van der Waals surface area (Å²) in [6, 6.07) is 5.20. The number of carbonyl (C=O) groups is 1. The van der Waals surface area contributed by atoms with Gasteiger partial charge in [-0.25, -0.2) is 9.38 Å². The van der Waals surface area contributed by atoms with Gasteiger partial charge in [-0.2, -0.15) is 0 Å². The number of aliphatic imine (C=N–C) groups is 1. The van der Waals surface area contributed by atoms with Crippen LogP contribution in [0.3, 0.4) is 0 Å². The zero-order valence-electron chi connectivity index (χ0n) is 18.8. The van der Waals surface area contributed by atoms with Gasteiger partial charge in [0.25, 0.3) is 5.91 Å². The highest BCUT2D eigenvalue weighted by molar-refractivity contribution is 14.0. The molecule has 0 aromatic heterocycles. The Kier molecular flexibility index (Phi) is 10.4. The van der Waals surface area contributed by atoms with E-state index in [1.165, 1.54) is 6.07 Å². The van der Waals surface area contributed by atoms with Gasteiger partial charge in [-0.3, -0.25) is 4.79 Å². The molecule has 174 valence electrons. The van der Waals surface area contributed by atoms with Gasteiger partial charge in [0.15, 0.2) is 5.96 Å². The van der Waals surface area contributed by atoms with Crippen LogP contribution in [0.1, 0.15) is 30.9 Å². The molecule has 7 nitrogen and oxygen atoms in total. The van der Waals surface area contributed by atoms with E-state index in [0.717, 1.165) is 44.0 Å². The van der Waals surface area contributed by atoms with E-state index in [4.69, 9.17) is 9.73 Å². The van der Waals surface area contributed by atoms with Crippen molar-refractivity contribution in [2.45, 2.75) is 39.0 Å². The molecule has 31 heavy (non-hydrogen) atoms. The fourth-order valence-corrected chi connectivity index (χ4v) is 3.89. The molecule has 0 aliphatic carbocycles. The molecule has 0 saturated carbocycles. The molecule has 0 radical (unpaired) electrons. The Morgan fingerprint density at radius 2 is 1.97 bits per heavy atom. The minimum Gasteiger partial charge on any atom is -0.368 e. The van der Waals surface area contributed by atoms with Crippen LogP contribution in [0, 0.1) is 5.82 Å². The molecule has 1 atom stereocenters. The fraction of sp³-hybridized carbons (Fsp3) is 0.636. The highest BCUT2D eigenvalue weighted by Crippen LogP contribution is 2.17. The number of carbonyl (C=O) groups excluding carboxylic acids is 1. The molecule has 2 fully saturated rings. The number of nitrogens with zero attached hydrogens (tertiary/aromatic N) is 4. The Morgan fingerprint density at radius 1 is 1.26 bits per heavy atom. The Balaban J connectivity index is 0.00000341. The van der Waals surface area contributed by atoms with Crippen LogP contribution in [0.2, 0.25) is 0 Å². The van der Waals surface area contributed by atoms with E-state index in [1.807, 2.05) is 36.9 Å². The summed E-state index contributed by atoms with van der Waals surface area (Å²) in [5.41, 5.74) is 1.66. The second kappa shape index (κ2) is 12.5. The van der Waals surface area contributed by atoms with Crippen LogP contribution in [0.15, 0.2) is 23.2 Å². The second-order valence-corrected chi connectivity index (χ2v) is 8.15. The first-order valence-electron chi connectivity index (χ1n) is 10.8. The van der Waals surface area contributed by atoms with Crippen molar-refractivity contribution in [3.05, 3.63) is 35.1 Å². The summed E-state index contributed by atoms with van der Waals surface area (Å²) in [4.78, 5) is 23.4. The van der Waals surface area contributed by atoms with E-state index in [1.54, 1.807) is 6.07 Å². The molecule has 0 spiro atoms. The number of ether oxygens (including phenoxy) is 1. The largest absolute Gasteiger partial charge is 0.368 e. The lowest BCUT2D eigenvalue weighted by atomic mass is 10.1. The van der Waals surface area contributed by atoms with Crippen LogP contribution in [0.4, 0.5) is 4.39 Å². The quantitative estimate of drug-likeness (QED) is 0.337. The van der Waals surface area contributed by atoms with Crippen molar-refractivity contribution in [2.75, 3.05) is 53.4 Å². The number of hydrogen-bond donors (Lipinski definition) is 1. The normalized spacial score (nSPS) is 19.5. The first-order valence-corrected chi connectivity index (χ1v) is 10.8. The number of nitrogens with one attached hydrogen (secondary N) is 1. The second-order valence-electron chi connectivity index (χ2n) is 8.15. The molecular weight excluding hydrogens is 512 g/mol. The van der Waals surface area contributed by atoms with Crippen LogP contribution in [0.5, 0.6) is 0 Å². The number of halogens is 2. The van der Waals surface area contributed by atoms with Crippen LogP contribution < -0.4 is 5.32 Å². The summed E-state index contributed by atoms with van der Waals surface area (Å²) in [6.45, 7) is 7.36. The molecule has 1 unspecified atom stereocenters. The lowest BCUT2D eigenvalue weighted by Crippen LogP contribution is -2.55. The van der Waals surface area contributed by atoms with E-state index in [-0.39, 0.29) is 41.8 Å². The molecule has 2 saturated heterocycles. The third kappa shape index (κ3) is 7.28. The van der Waals surface area contributed by atoms with Gasteiger partial charge in [-0.05, 0) is 51.6 Å². The van der Waals surface area contributed by atoms with Crippen molar-refractivity contribution in [3.63, 3.8) is 0 Å². The van der Waals surface area contributed by atoms with E-state index in [0.29, 0.717) is 38.3 Å². The topological polar surface area (TPSA) is 60.4 Å². The van der Waals surface area contributed by atoms with Gasteiger partial charge in [-0.15, -0.1) is 24.0 Å². The average Bonchev–Trinajstić information content (AvgIpc) is 3.27. The Labute approximate surface area is 202 Å². The molecule has 1 N–H and O–H groups in total. The van der Waals surface area contributed by atoms with Gasteiger partial charge >= 0.3 is 0 Å². The smallest absolute Gasteiger partial charge is 0.251 e. The van der Waals surface area contributed by atoms with Gasteiger partial charge in [0, 0.05) is 51.4 Å². The van der Waals surface area contributed by atoms with Crippen molar-refractivity contribution in [2.24, 2.45) is 4.99 Å². The number of piperazine rings is 1. The van der Waals surface area contributed by atoms with Crippen molar-refractivity contribution >= 4 is 35.8 Å². The maximum absolute atomic E-state index is 14.0. The zero-order chi connectivity index (χ0) is 21.5. The number of rotatable bonds is 6. The van der Waals surface area contributed by atoms with E-state index >= 15 is 0 Å². The molecule has 3 rings (SSSR count). The van der Waals surface area contributed by atoms with Crippen LogP contribution in [-0.4, -0.2) is 86.1 Å². The Bertz CT molecular complexity index is 747. The third-order valence-electron chi connectivity index (χ3n) is 5.44. The van der Waals surface area contributed by atoms with Gasteiger partial charge in [0.05, 0.1) is 6.54 Å². The summed E-state index contributed by atoms with van der Waals surface area (Å²) in [5, 5.41) is 3.35. The van der Waals surface area contributed by atoms with Crippen molar-refractivity contribution in [1.82, 2.24) is 20.0 Å². The highest BCUT2D eigenvalue weighted by Gasteiger charge is 2.30. The lowest BCUT2D eigenvalue weighted by Gasteiger charge is -2.37. The number of hydrogen-bond acceptors (Lipinski definition) is 4. The zero-order valence-corrected chi connectivity index (χ0v) is 21.1. The first kappa shape index (κ1) is 25.8. The van der Waals surface area contributed by atoms with Gasteiger partial charge in [0.1, 0.15) is 11.9 Å². The molecule has 2 aliphatic heterocycles. The molecule has 2 heterocycles. The van der Waals surface area contributed by atoms with Gasteiger partial charge in [0.2, 0.25) is 0 Å². The molecule has 9 heteroatoms. The standard InChI is InChI=1S/C22H34FN5O2.HI/c1-4-24-22(25-15-17-7-8-19(23)18(14-17)16-26(2)3)28-11-9-27(10-12-28)21(29)20-6-5-13-30-20;/h7-8,14,20H,4-6,9-13,15-16H2,1-3H3,(H,24,25);1H. The molecular formula is C22H35FIN5O2. The van der Waals surface area contributed by atoms with Crippen molar-refractivity contribution < 1.29 is 13.9 Å². The summed E-state index contributed by atoms with van der Waals surface area (Å²) < 4.78 is 19.6. The van der Waals surface area contributed by atoms with Crippen LogP contribution in [0.25, 0.3) is 0 Å². The third-order valence-corrected chi connectivity index (χ3v) is 5.44. The van der Waals surface area contributed by atoms with Crippen molar-refractivity contribution in [3.8, 4) is 0 Å². The molecule has 1 aromatic carbocycles. The summed E-state index contributed by atoms with van der Waals surface area (Å²) in [6.07, 6.45) is 1.54. The fourth-order valence-electron chi connectivity index (χ4n) is 3.89. The lowest BCUT2D eigenvalue weighted by molar-refractivity contribution is -0.142. The minimum atomic E-state index is -0.256. The molecule has 0 bridgehead atoms.